The van der Waals surface area contributed by atoms with Gasteiger partial charge in [0.05, 0.1) is 6.54 Å². The Morgan fingerprint density at radius 2 is 2.12 bits per heavy atom. The van der Waals surface area contributed by atoms with Crippen LogP contribution in [-0.2, 0) is 11.2 Å². The summed E-state index contributed by atoms with van der Waals surface area (Å²) in [5.74, 6) is 0.150. The molecular formula is C16H24ClF2N3O2. The van der Waals surface area contributed by atoms with Crippen LogP contribution in [0.2, 0.25) is 0 Å². The van der Waals surface area contributed by atoms with E-state index in [4.69, 9.17) is 0 Å². The van der Waals surface area contributed by atoms with Crippen LogP contribution >= 0.6 is 12.4 Å². The van der Waals surface area contributed by atoms with Gasteiger partial charge in [0.25, 0.3) is 0 Å². The Balaban J connectivity index is 0.00000288. The molecule has 1 atom stereocenters. The van der Waals surface area contributed by atoms with Gasteiger partial charge in [-0.3, -0.25) is 9.69 Å². The Labute approximate surface area is 147 Å². The van der Waals surface area contributed by atoms with Crippen molar-refractivity contribution < 1.29 is 18.3 Å². The van der Waals surface area contributed by atoms with E-state index in [0.717, 1.165) is 25.2 Å². The van der Waals surface area contributed by atoms with Gasteiger partial charge >= 0.3 is 6.61 Å². The predicted octanol–water partition coefficient (Wildman–Crippen LogP) is 1.66. The Kier molecular flexibility index (Phi) is 8.95. The third-order valence-electron chi connectivity index (χ3n) is 3.87. The number of carbonyl (C=O) groups excluding carboxylic acids is 1. The van der Waals surface area contributed by atoms with Gasteiger partial charge in [-0.15, -0.1) is 12.4 Å². The van der Waals surface area contributed by atoms with Gasteiger partial charge in [0.2, 0.25) is 5.91 Å². The number of piperazine rings is 1. The van der Waals surface area contributed by atoms with Gasteiger partial charge in [0, 0.05) is 32.2 Å². The van der Waals surface area contributed by atoms with Crippen LogP contribution in [0.1, 0.15) is 12.5 Å². The molecule has 2 N–H and O–H groups in total. The van der Waals surface area contributed by atoms with Crippen molar-refractivity contribution in [2.24, 2.45) is 0 Å². The fraction of sp³-hybridized carbons (Fsp3) is 0.562. The van der Waals surface area contributed by atoms with E-state index < -0.39 is 6.61 Å². The van der Waals surface area contributed by atoms with Crippen molar-refractivity contribution >= 4 is 18.3 Å². The summed E-state index contributed by atoms with van der Waals surface area (Å²) in [5.41, 5.74) is 0.961. The van der Waals surface area contributed by atoms with Crippen molar-refractivity contribution in [2.75, 3.05) is 32.7 Å². The fourth-order valence-corrected chi connectivity index (χ4v) is 2.54. The first-order chi connectivity index (χ1) is 11.0. The minimum absolute atomic E-state index is 0. The molecule has 1 saturated heterocycles. The number of benzene rings is 1. The number of rotatable bonds is 7. The number of hydrogen-bond donors (Lipinski definition) is 2. The van der Waals surface area contributed by atoms with Crippen LogP contribution in [0.3, 0.4) is 0 Å². The summed E-state index contributed by atoms with van der Waals surface area (Å²) in [7, 11) is 0. The molecule has 0 aliphatic carbocycles. The van der Waals surface area contributed by atoms with E-state index in [0.29, 0.717) is 25.6 Å². The zero-order valence-electron chi connectivity index (χ0n) is 13.6. The summed E-state index contributed by atoms with van der Waals surface area (Å²) in [4.78, 5) is 14.1. The molecule has 1 fully saturated rings. The van der Waals surface area contributed by atoms with Crippen molar-refractivity contribution in [3.8, 4) is 5.75 Å². The van der Waals surface area contributed by atoms with Crippen LogP contribution in [-0.4, -0.2) is 56.2 Å². The number of halogens is 3. The van der Waals surface area contributed by atoms with Crippen LogP contribution < -0.4 is 15.4 Å². The standard InChI is InChI=1S/C16H23F2N3O2.ClH/c1-12-10-19-8-9-21(12)11-15(22)20-7-6-13-2-4-14(5-3-13)23-16(17)18;/h2-5,12,16,19H,6-11H2,1H3,(H,20,22);1H/t12-;/m1./s1. The molecule has 0 radical (unpaired) electrons. The first kappa shape index (κ1) is 20.6. The highest BCUT2D eigenvalue weighted by atomic mass is 35.5. The number of carbonyl (C=O) groups is 1. The molecule has 2 rings (SSSR count). The molecule has 1 amide bonds. The van der Waals surface area contributed by atoms with Crippen LogP contribution in [0.15, 0.2) is 24.3 Å². The molecule has 0 bridgehead atoms. The van der Waals surface area contributed by atoms with Crippen LogP contribution in [0.4, 0.5) is 8.78 Å². The lowest BCUT2D eigenvalue weighted by molar-refractivity contribution is -0.122. The average Bonchev–Trinajstić information content (AvgIpc) is 2.51. The Morgan fingerprint density at radius 3 is 2.75 bits per heavy atom. The number of nitrogens with zero attached hydrogens (tertiary/aromatic N) is 1. The topological polar surface area (TPSA) is 53.6 Å². The zero-order chi connectivity index (χ0) is 16.7. The maximum absolute atomic E-state index is 12.1. The van der Waals surface area contributed by atoms with E-state index in [1.165, 1.54) is 12.1 Å². The highest BCUT2D eigenvalue weighted by Gasteiger charge is 2.19. The summed E-state index contributed by atoms with van der Waals surface area (Å²) < 4.78 is 28.4. The van der Waals surface area contributed by atoms with Crippen LogP contribution in [0, 0.1) is 0 Å². The Hall–Kier alpha value is -1.44. The summed E-state index contributed by atoms with van der Waals surface area (Å²) in [6, 6.07) is 6.82. The molecule has 1 aromatic rings. The van der Waals surface area contributed by atoms with Crippen molar-refractivity contribution in [1.29, 1.82) is 0 Å². The third kappa shape index (κ3) is 6.98. The SMILES string of the molecule is C[C@@H]1CNCCN1CC(=O)NCCc1ccc(OC(F)F)cc1.Cl. The maximum atomic E-state index is 12.1. The summed E-state index contributed by atoms with van der Waals surface area (Å²) in [6.45, 7) is 2.90. The molecule has 0 saturated carbocycles. The molecule has 8 heteroatoms. The molecule has 0 aromatic heterocycles. The molecule has 5 nitrogen and oxygen atoms in total. The quantitative estimate of drug-likeness (QED) is 0.773. The van der Waals surface area contributed by atoms with Gasteiger partial charge in [-0.2, -0.15) is 8.78 Å². The number of ether oxygens (including phenoxy) is 1. The molecule has 1 aliphatic heterocycles. The van der Waals surface area contributed by atoms with E-state index >= 15 is 0 Å². The molecule has 1 heterocycles. The Morgan fingerprint density at radius 1 is 1.42 bits per heavy atom. The largest absolute Gasteiger partial charge is 0.435 e. The molecule has 136 valence electrons. The fourth-order valence-electron chi connectivity index (χ4n) is 2.54. The molecule has 0 unspecified atom stereocenters. The minimum atomic E-state index is -2.81. The number of alkyl halides is 2. The molecule has 1 aliphatic rings. The van der Waals surface area contributed by atoms with Gasteiger partial charge in [-0.05, 0) is 31.0 Å². The Bertz CT molecular complexity index is 503. The van der Waals surface area contributed by atoms with E-state index in [2.05, 4.69) is 27.2 Å². The van der Waals surface area contributed by atoms with Crippen molar-refractivity contribution in [2.45, 2.75) is 26.0 Å². The lowest BCUT2D eigenvalue weighted by atomic mass is 10.1. The van der Waals surface area contributed by atoms with Gasteiger partial charge < -0.3 is 15.4 Å². The van der Waals surface area contributed by atoms with Crippen LogP contribution in [0.25, 0.3) is 0 Å². The summed E-state index contributed by atoms with van der Waals surface area (Å²) in [6.07, 6.45) is 0.651. The number of hydrogen-bond acceptors (Lipinski definition) is 4. The first-order valence-electron chi connectivity index (χ1n) is 7.80. The highest BCUT2D eigenvalue weighted by Crippen LogP contribution is 2.14. The summed E-state index contributed by atoms with van der Waals surface area (Å²) >= 11 is 0. The second-order valence-corrected chi connectivity index (χ2v) is 5.65. The number of amides is 1. The summed E-state index contributed by atoms with van der Waals surface area (Å²) in [5, 5.41) is 6.18. The highest BCUT2D eigenvalue weighted by molar-refractivity contribution is 5.85. The molecule has 24 heavy (non-hydrogen) atoms. The van der Waals surface area contributed by atoms with E-state index in [-0.39, 0.29) is 24.1 Å². The third-order valence-corrected chi connectivity index (χ3v) is 3.87. The van der Waals surface area contributed by atoms with Crippen molar-refractivity contribution in [1.82, 2.24) is 15.5 Å². The van der Waals surface area contributed by atoms with Crippen molar-refractivity contribution in [3.63, 3.8) is 0 Å². The van der Waals surface area contributed by atoms with E-state index in [9.17, 15) is 13.6 Å². The zero-order valence-corrected chi connectivity index (χ0v) is 14.5. The maximum Gasteiger partial charge on any atom is 0.387 e. The average molecular weight is 364 g/mol. The van der Waals surface area contributed by atoms with E-state index in [1.54, 1.807) is 12.1 Å². The number of nitrogens with one attached hydrogen (secondary N) is 2. The molecular weight excluding hydrogens is 340 g/mol. The first-order valence-corrected chi connectivity index (χ1v) is 7.80. The minimum Gasteiger partial charge on any atom is -0.435 e. The van der Waals surface area contributed by atoms with Gasteiger partial charge in [-0.25, -0.2) is 0 Å². The van der Waals surface area contributed by atoms with Gasteiger partial charge in [0.1, 0.15) is 5.75 Å². The smallest absolute Gasteiger partial charge is 0.387 e. The second-order valence-electron chi connectivity index (χ2n) is 5.65. The second kappa shape index (κ2) is 10.4. The van der Waals surface area contributed by atoms with Gasteiger partial charge in [0.15, 0.2) is 0 Å². The molecule has 0 spiro atoms. The normalized spacial score (nSPS) is 18.1. The van der Waals surface area contributed by atoms with Crippen molar-refractivity contribution in [3.05, 3.63) is 29.8 Å². The van der Waals surface area contributed by atoms with Gasteiger partial charge in [-0.1, -0.05) is 12.1 Å². The monoisotopic (exact) mass is 363 g/mol. The van der Waals surface area contributed by atoms with E-state index in [1.807, 2.05) is 0 Å². The van der Waals surface area contributed by atoms with Crippen LogP contribution in [0.5, 0.6) is 5.75 Å². The predicted molar refractivity (Wildman–Crippen MR) is 90.9 cm³/mol. The lowest BCUT2D eigenvalue weighted by Gasteiger charge is -2.33. The molecule has 1 aromatic carbocycles. The lowest BCUT2D eigenvalue weighted by Crippen LogP contribution is -2.52.